The Bertz CT molecular complexity index is 638. The number of rotatable bonds is 5. The lowest BCUT2D eigenvalue weighted by atomic mass is 10.0. The molecular weight excluding hydrogens is 314 g/mol. The molecule has 0 aliphatic carbocycles. The minimum Gasteiger partial charge on any atom is -0.341 e. The highest BCUT2D eigenvalue weighted by atomic mass is 16.2. The van der Waals surface area contributed by atoms with Crippen LogP contribution in [0.1, 0.15) is 40.7 Å². The number of nitrogens with one attached hydrogen (secondary N) is 1. The van der Waals surface area contributed by atoms with E-state index >= 15 is 0 Å². The first-order chi connectivity index (χ1) is 12.0. The molecule has 2 fully saturated rings. The number of ketones is 1. The van der Waals surface area contributed by atoms with Crippen LogP contribution >= 0.6 is 0 Å². The normalized spacial score (nSPS) is 21.5. The number of carbonyl (C=O) groups excluding carboxylic acids is 2. The fourth-order valence-corrected chi connectivity index (χ4v) is 3.75. The summed E-state index contributed by atoms with van der Waals surface area (Å²) in [6, 6.07) is 6.26. The van der Waals surface area contributed by atoms with Gasteiger partial charge in [-0.05, 0) is 37.5 Å². The first-order valence-corrected chi connectivity index (χ1v) is 9.37. The Kier molecular flexibility index (Phi) is 5.86. The number of hydrogen-bond donors (Lipinski definition) is 1. The van der Waals surface area contributed by atoms with E-state index in [-0.39, 0.29) is 11.7 Å². The van der Waals surface area contributed by atoms with Crippen molar-refractivity contribution in [3.05, 3.63) is 34.9 Å². The smallest absolute Gasteiger partial charge is 0.223 e. The zero-order valence-electron chi connectivity index (χ0n) is 15.4. The first kappa shape index (κ1) is 18.1. The van der Waals surface area contributed by atoms with Crippen LogP contribution in [0.2, 0.25) is 0 Å². The fraction of sp³-hybridized carbons (Fsp3) is 0.600. The summed E-state index contributed by atoms with van der Waals surface area (Å²) < 4.78 is 0. The van der Waals surface area contributed by atoms with E-state index in [0.717, 1.165) is 56.8 Å². The van der Waals surface area contributed by atoms with E-state index < -0.39 is 0 Å². The van der Waals surface area contributed by atoms with E-state index in [0.29, 0.717) is 18.9 Å². The van der Waals surface area contributed by atoms with Crippen LogP contribution in [0.3, 0.4) is 0 Å². The van der Waals surface area contributed by atoms with E-state index in [9.17, 15) is 9.59 Å². The summed E-state index contributed by atoms with van der Waals surface area (Å²) in [6.07, 6.45) is 1.67. The van der Waals surface area contributed by atoms with Crippen molar-refractivity contribution in [3.8, 4) is 0 Å². The Hall–Kier alpha value is -1.72. The Morgan fingerprint density at radius 2 is 1.84 bits per heavy atom. The Morgan fingerprint density at radius 1 is 1.08 bits per heavy atom. The molecule has 1 unspecified atom stereocenters. The lowest BCUT2D eigenvalue weighted by molar-refractivity contribution is -0.130. The molecule has 1 aromatic carbocycles. The van der Waals surface area contributed by atoms with Crippen LogP contribution in [0, 0.1) is 13.8 Å². The Balaban J connectivity index is 1.47. The summed E-state index contributed by atoms with van der Waals surface area (Å²) in [6.45, 7) is 9.90. The predicted octanol–water partition coefficient (Wildman–Crippen LogP) is 1.77. The summed E-state index contributed by atoms with van der Waals surface area (Å²) in [5, 5.41) is 3.37. The fourth-order valence-electron chi connectivity index (χ4n) is 3.75. The standard InChI is InChI=1S/C20H29N3O2/c1-15-3-4-17(13-16(15)2)19(24)5-6-20(25)23-10-7-18(14-23)22-11-8-21-9-12-22/h3-4,13,18,21H,5-12,14H2,1-2H3. The number of likely N-dealkylation sites (tertiary alicyclic amines) is 1. The molecule has 25 heavy (non-hydrogen) atoms. The molecular formula is C20H29N3O2. The third kappa shape index (κ3) is 4.47. The van der Waals surface area contributed by atoms with Gasteiger partial charge in [-0.3, -0.25) is 14.5 Å². The van der Waals surface area contributed by atoms with Gasteiger partial charge in [-0.15, -0.1) is 0 Å². The van der Waals surface area contributed by atoms with Crippen molar-refractivity contribution in [2.45, 2.75) is 39.2 Å². The molecule has 2 saturated heterocycles. The van der Waals surface area contributed by atoms with Gasteiger partial charge >= 0.3 is 0 Å². The third-order valence-corrected chi connectivity index (χ3v) is 5.58. The second-order valence-corrected chi connectivity index (χ2v) is 7.29. The molecule has 0 bridgehead atoms. The van der Waals surface area contributed by atoms with Crippen molar-refractivity contribution in [1.82, 2.24) is 15.1 Å². The number of aryl methyl sites for hydroxylation is 2. The predicted molar refractivity (Wildman–Crippen MR) is 98.9 cm³/mol. The minimum absolute atomic E-state index is 0.0642. The number of piperazine rings is 1. The third-order valence-electron chi connectivity index (χ3n) is 5.58. The molecule has 3 rings (SSSR count). The molecule has 1 atom stereocenters. The lowest BCUT2D eigenvalue weighted by Crippen LogP contribution is -2.49. The highest BCUT2D eigenvalue weighted by Crippen LogP contribution is 2.18. The summed E-state index contributed by atoms with van der Waals surface area (Å²) in [7, 11) is 0. The maximum absolute atomic E-state index is 12.5. The number of nitrogens with zero attached hydrogens (tertiary/aromatic N) is 2. The zero-order chi connectivity index (χ0) is 17.8. The van der Waals surface area contributed by atoms with Crippen LogP contribution in [-0.2, 0) is 4.79 Å². The van der Waals surface area contributed by atoms with E-state index in [1.807, 2.05) is 36.9 Å². The number of Topliss-reactive ketones (excluding diaryl/α,β-unsaturated/α-hetero) is 1. The second kappa shape index (κ2) is 8.11. The largest absolute Gasteiger partial charge is 0.341 e. The minimum atomic E-state index is 0.0642. The molecule has 2 aliphatic rings. The zero-order valence-corrected chi connectivity index (χ0v) is 15.4. The van der Waals surface area contributed by atoms with Gasteiger partial charge in [0.05, 0.1) is 0 Å². The maximum atomic E-state index is 12.5. The average Bonchev–Trinajstić information content (AvgIpc) is 3.12. The van der Waals surface area contributed by atoms with Gasteiger partial charge in [0.25, 0.3) is 0 Å². The summed E-state index contributed by atoms with van der Waals surface area (Å²) in [5.74, 6) is 0.184. The Labute approximate surface area is 150 Å². The quantitative estimate of drug-likeness (QED) is 0.828. The summed E-state index contributed by atoms with van der Waals surface area (Å²) in [5.41, 5.74) is 3.02. The van der Waals surface area contributed by atoms with Gasteiger partial charge in [0.2, 0.25) is 5.91 Å². The van der Waals surface area contributed by atoms with Gasteiger partial charge in [-0.25, -0.2) is 0 Å². The van der Waals surface area contributed by atoms with Gasteiger partial charge in [0.15, 0.2) is 5.78 Å². The van der Waals surface area contributed by atoms with E-state index in [1.165, 1.54) is 5.56 Å². The van der Waals surface area contributed by atoms with Crippen LogP contribution in [-0.4, -0.2) is 66.8 Å². The topological polar surface area (TPSA) is 52.7 Å². The number of benzene rings is 1. The van der Waals surface area contributed by atoms with Crippen molar-refractivity contribution in [3.63, 3.8) is 0 Å². The van der Waals surface area contributed by atoms with Crippen molar-refractivity contribution >= 4 is 11.7 Å². The van der Waals surface area contributed by atoms with Crippen molar-refractivity contribution < 1.29 is 9.59 Å². The van der Waals surface area contributed by atoms with Gasteiger partial charge in [0.1, 0.15) is 0 Å². The van der Waals surface area contributed by atoms with Crippen molar-refractivity contribution in [2.24, 2.45) is 0 Å². The van der Waals surface area contributed by atoms with Crippen LogP contribution in [0.15, 0.2) is 18.2 Å². The van der Waals surface area contributed by atoms with Gasteiger partial charge in [-0.1, -0.05) is 12.1 Å². The van der Waals surface area contributed by atoms with E-state index in [4.69, 9.17) is 0 Å². The van der Waals surface area contributed by atoms with E-state index in [2.05, 4.69) is 10.2 Å². The summed E-state index contributed by atoms with van der Waals surface area (Å²) >= 11 is 0. The molecule has 0 aromatic heterocycles. The SMILES string of the molecule is Cc1ccc(C(=O)CCC(=O)N2CCC(N3CCNCC3)C2)cc1C. The highest BCUT2D eigenvalue weighted by Gasteiger charge is 2.30. The van der Waals surface area contributed by atoms with Gasteiger partial charge in [0, 0.05) is 63.7 Å². The number of amides is 1. The first-order valence-electron chi connectivity index (χ1n) is 9.37. The average molecular weight is 343 g/mol. The molecule has 2 heterocycles. The molecule has 2 aliphatic heterocycles. The molecule has 0 spiro atoms. The van der Waals surface area contributed by atoms with Gasteiger partial charge in [-0.2, -0.15) is 0 Å². The second-order valence-electron chi connectivity index (χ2n) is 7.29. The molecule has 5 heteroatoms. The van der Waals surface area contributed by atoms with Crippen LogP contribution in [0.4, 0.5) is 0 Å². The molecule has 1 N–H and O–H groups in total. The molecule has 136 valence electrons. The van der Waals surface area contributed by atoms with Crippen molar-refractivity contribution in [2.75, 3.05) is 39.3 Å². The molecule has 0 saturated carbocycles. The van der Waals surface area contributed by atoms with Crippen LogP contribution in [0.25, 0.3) is 0 Å². The number of carbonyl (C=O) groups is 2. The number of hydrogen-bond acceptors (Lipinski definition) is 4. The van der Waals surface area contributed by atoms with Crippen LogP contribution < -0.4 is 5.32 Å². The van der Waals surface area contributed by atoms with Crippen molar-refractivity contribution in [1.29, 1.82) is 0 Å². The highest BCUT2D eigenvalue weighted by molar-refractivity contribution is 5.98. The Morgan fingerprint density at radius 3 is 2.56 bits per heavy atom. The molecule has 0 radical (unpaired) electrons. The molecule has 1 aromatic rings. The maximum Gasteiger partial charge on any atom is 0.223 e. The van der Waals surface area contributed by atoms with E-state index in [1.54, 1.807) is 0 Å². The van der Waals surface area contributed by atoms with Gasteiger partial charge < -0.3 is 10.2 Å². The molecule has 1 amide bonds. The monoisotopic (exact) mass is 343 g/mol. The molecule has 5 nitrogen and oxygen atoms in total. The lowest BCUT2D eigenvalue weighted by Gasteiger charge is -2.32. The van der Waals surface area contributed by atoms with Crippen LogP contribution in [0.5, 0.6) is 0 Å². The summed E-state index contributed by atoms with van der Waals surface area (Å²) in [4.78, 5) is 29.3.